The van der Waals surface area contributed by atoms with Crippen LogP contribution in [0.1, 0.15) is 22.8 Å². The van der Waals surface area contributed by atoms with Crippen LogP contribution in [-0.4, -0.2) is 12.5 Å². The van der Waals surface area contributed by atoms with Crippen LogP contribution in [0.15, 0.2) is 42.5 Å². The zero-order valence-electron chi connectivity index (χ0n) is 11.6. The molecule has 0 aromatic heterocycles. The van der Waals surface area contributed by atoms with Gasteiger partial charge < -0.3 is 10.6 Å². The molecule has 2 rings (SSSR count). The van der Waals surface area contributed by atoms with E-state index in [1.807, 2.05) is 19.9 Å². The van der Waals surface area contributed by atoms with Crippen molar-refractivity contribution in [2.45, 2.75) is 13.8 Å². The van der Waals surface area contributed by atoms with Crippen LogP contribution >= 0.6 is 0 Å². The quantitative estimate of drug-likeness (QED) is 0.871. The summed E-state index contributed by atoms with van der Waals surface area (Å²) in [4.78, 5) is 14.2. The van der Waals surface area contributed by atoms with Gasteiger partial charge in [-0.1, -0.05) is 18.2 Å². The fourth-order valence-corrected chi connectivity index (χ4v) is 2.21. The molecule has 2 N–H and O–H groups in total. The molecular formula is C16H17FN2O. The van der Waals surface area contributed by atoms with E-state index >= 15 is 0 Å². The van der Waals surface area contributed by atoms with Crippen molar-refractivity contribution in [3.05, 3.63) is 59.4 Å². The number of benzene rings is 2. The molecule has 0 aliphatic carbocycles. The second-order valence-electron chi connectivity index (χ2n) is 4.57. The molecule has 0 heterocycles. The standard InChI is InChI=1S/C16H17FN2O/c1-3-19(13-8-5-7-12(17)10-13)16(20)15-11(2)6-4-9-14(15)18/h4-10H,3,18H2,1-2H3. The zero-order valence-corrected chi connectivity index (χ0v) is 11.6. The van der Waals surface area contributed by atoms with Gasteiger partial charge in [0.1, 0.15) is 5.82 Å². The van der Waals surface area contributed by atoms with E-state index in [9.17, 15) is 9.18 Å². The Morgan fingerprint density at radius 3 is 2.55 bits per heavy atom. The molecule has 0 atom stereocenters. The summed E-state index contributed by atoms with van der Waals surface area (Å²) < 4.78 is 13.3. The molecule has 0 aliphatic rings. The van der Waals surface area contributed by atoms with Gasteiger partial charge in [0.25, 0.3) is 5.91 Å². The lowest BCUT2D eigenvalue weighted by molar-refractivity contribution is 0.0988. The van der Waals surface area contributed by atoms with E-state index in [1.165, 1.54) is 17.0 Å². The van der Waals surface area contributed by atoms with Gasteiger partial charge in [0.2, 0.25) is 0 Å². The predicted molar refractivity (Wildman–Crippen MR) is 79.3 cm³/mol. The van der Waals surface area contributed by atoms with Crippen LogP contribution in [0.4, 0.5) is 15.8 Å². The molecule has 104 valence electrons. The number of nitrogens with zero attached hydrogens (tertiary/aromatic N) is 1. The highest BCUT2D eigenvalue weighted by molar-refractivity contribution is 6.10. The molecule has 0 unspecified atom stereocenters. The number of rotatable bonds is 3. The molecule has 0 saturated carbocycles. The molecule has 2 aromatic carbocycles. The third-order valence-corrected chi connectivity index (χ3v) is 3.20. The summed E-state index contributed by atoms with van der Waals surface area (Å²) in [6, 6.07) is 11.3. The van der Waals surface area contributed by atoms with Crippen LogP contribution in [0.5, 0.6) is 0 Å². The molecule has 0 fully saturated rings. The number of carbonyl (C=O) groups excluding carboxylic acids is 1. The van der Waals surface area contributed by atoms with Crippen molar-refractivity contribution in [1.29, 1.82) is 0 Å². The minimum atomic E-state index is -0.369. The monoisotopic (exact) mass is 272 g/mol. The van der Waals surface area contributed by atoms with Gasteiger partial charge >= 0.3 is 0 Å². The van der Waals surface area contributed by atoms with E-state index in [4.69, 9.17) is 5.73 Å². The van der Waals surface area contributed by atoms with Crippen LogP contribution in [0.3, 0.4) is 0 Å². The number of aryl methyl sites for hydroxylation is 1. The topological polar surface area (TPSA) is 46.3 Å². The van der Waals surface area contributed by atoms with Crippen molar-refractivity contribution in [2.75, 3.05) is 17.2 Å². The molecular weight excluding hydrogens is 255 g/mol. The zero-order chi connectivity index (χ0) is 14.7. The highest BCUT2D eigenvalue weighted by Crippen LogP contribution is 2.23. The van der Waals surface area contributed by atoms with Gasteiger partial charge in [0.15, 0.2) is 0 Å². The number of hydrogen-bond donors (Lipinski definition) is 1. The number of nitrogen functional groups attached to an aromatic ring is 1. The fraction of sp³-hybridized carbons (Fsp3) is 0.188. The second-order valence-corrected chi connectivity index (χ2v) is 4.57. The van der Waals surface area contributed by atoms with Crippen molar-refractivity contribution < 1.29 is 9.18 Å². The average molecular weight is 272 g/mol. The summed E-state index contributed by atoms with van der Waals surface area (Å²) in [6.45, 7) is 4.12. The number of carbonyl (C=O) groups is 1. The van der Waals surface area contributed by atoms with Crippen molar-refractivity contribution in [1.82, 2.24) is 0 Å². The summed E-state index contributed by atoms with van der Waals surface area (Å²) in [5.41, 5.74) is 8.15. The lowest BCUT2D eigenvalue weighted by Crippen LogP contribution is -2.31. The Hall–Kier alpha value is -2.36. The summed E-state index contributed by atoms with van der Waals surface area (Å²) in [5, 5.41) is 0. The maximum absolute atomic E-state index is 13.3. The summed E-state index contributed by atoms with van der Waals surface area (Å²) >= 11 is 0. The fourth-order valence-electron chi connectivity index (χ4n) is 2.21. The Kier molecular flexibility index (Phi) is 4.03. The number of nitrogens with two attached hydrogens (primary N) is 1. The summed E-state index contributed by atoms with van der Waals surface area (Å²) in [6.07, 6.45) is 0. The molecule has 0 bridgehead atoms. The summed E-state index contributed by atoms with van der Waals surface area (Å²) in [7, 11) is 0. The average Bonchev–Trinajstić information content (AvgIpc) is 2.39. The lowest BCUT2D eigenvalue weighted by Gasteiger charge is -2.22. The minimum absolute atomic E-state index is 0.214. The van der Waals surface area contributed by atoms with E-state index in [2.05, 4.69) is 0 Å². The van der Waals surface area contributed by atoms with Crippen LogP contribution in [0.25, 0.3) is 0 Å². The van der Waals surface area contributed by atoms with Gasteiger partial charge in [-0.2, -0.15) is 0 Å². The molecule has 20 heavy (non-hydrogen) atoms. The van der Waals surface area contributed by atoms with Gasteiger partial charge in [-0.05, 0) is 43.7 Å². The van der Waals surface area contributed by atoms with Gasteiger partial charge in [0, 0.05) is 17.9 Å². The van der Waals surface area contributed by atoms with E-state index in [0.717, 1.165) is 5.56 Å². The van der Waals surface area contributed by atoms with Gasteiger partial charge in [0.05, 0.1) is 5.56 Å². The van der Waals surface area contributed by atoms with Crippen molar-refractivity contribution >= 4 is 17.3 Å². The Balaban J connectivity index is 2.45. The maximum Gasteiger partial charge on any atom is 0.260 e. The molecule has 0 saturated heterocycles. The molecule has 0 spiro atoms. The third kappa shape index (κ3) is 2.64. The highest BCUT2D eigenvalue weighted by Gasteiger charge is 2.20. The first-order valence-electron chi connectivity index (χ1n) is 6.47. The number of anilines is 2. The van der Waals surface area contributed by atoms with Crippen molar-refractivity contribution in [3.8, 4) is 0 Å². The maximum atomic E-state index is 13.3. The Labute approximate surface area is 117 Å². The molecule has 0 radical (unpaired) electrons. The molecule has 0 aliphatic heterocycles. The third-order valence-electron chi connectivity index (χ3n) is 3.20. The minimum Gasteiger partial charge on any atom is -0.398 e. The van der Waals surface area contributed by atoms with Crippen LogP contribution in [0.2, 0.25) is 0 Å². The van der Waals surface area contributed by atoms with Crippen molar-refractivity contribution in [3.63, 3.8) is 0 Å². The van der Waals surface area contributed by atoms with Crippen LogP contribution in [-0.2, 0) is 0 Å². The Morgan fingerprint density at radius 1 is 1.25 bits per heavy atom. The molecule has 3 nitrogen and oxygen atoms in total. The predicted octanol–water partition coefficient (Wildman–Crippen LogP) is 3.38. The van der Waals surface area contributed by atoms with Gasteiger partial charge in [-0.25, -0.2) is 4.39 Å². The number of amides is 1. The van der Waals surface area contributed by atoms with Crippen LogP contribution < -0.4 is 10.6 Å². The smallest absolute Gasteiger partial charge is 0.260 e. The normalized spacial score (nSPS) is 10.3. The van der Waals surface area contributed by atoms with E-state index in [0.29, 0.717) is 23.5 Å². The lowest BCUT2D eigenvalue weighted by atomic mass is 10.0. The summed E-state index contributed by atoms with van der Waals surface area (Å²) in [5.74, 6) is -0.583. The van der Waals surface area contributed by atoms with Crippen LogP contribution in [0, 0.1) is 12.7 Å². The molecule has 4 heteroatoms. The Morgan fingerprint density at radius 2 is 1.95 bits per heavy atom. The number of halogens is 1. The molecule has 2 aromatic rings. The SMILES string of the molecule is CCN(C(=O)c1c(C)cccc1N)c1cccc(F)c1. The molecule has 1 amide bonds. The van der Waals surface area contributed by atoms with E-state index in [1.54, 1.807) is 24.3 Å². The number of hydrogen-bond acceptors (Lipinski definition) is 2. The first-order valence-corrected chi connectivity index (χ1v) is 6.47. The van der Waals surface area contributed by atoms with Crippen molar-refractivity contribution in [2.24, 2.45) is 0 Å². The highest BCUT2D eigenvalue weighted by atomic mass is 19.1. The van der Waals surface area contributed by atoms with Gasteiger partial charge in [-0.3, -0.25) is 4.79 Å². The van der Waals surface area contributed by atoms with Gasteiger partial charge in [-0.15, -0.1) is 0 Å². The first kappa shape index (κ1) is 14.1. The van der Waals surface area contributed by atoms with E-state index in [-0.39, 0.29) is 11.7 Å². The first-order chi connectivity index (χ1) is 9.54. The largest absolute Gasteiger partial charge is 0.398 e. The van der Waals surface area contributed by atoms with E-state index < -0.39 is 0 Å². The Bertz CT molecular complexity index is 620. The second kappa shape index (κ2) is 5.74.